The lowest BCUT2D eigenvalue weighted by atomic mass is 10.2. The van der Waals surface area contributed by atoms with Gasteiger partial charge in [-0.25, -0.2) is 4.39 Å². The number of aryl methyl sites for hydroxylation is 1. The molecule has 0 aromatic heterocycles. The van der Waals surface area contributed by atoms with E-state index in [1.807, 2.05) is 41.8 Å². The van der Waals surface area contributed by atoms with E-state index in [0.717, 1.165) is 10.5 Å². The van der Waals surface area contributed by atoms with Crippen LogP contribution in [0.15, 0.2) is 17.0 Å². The molecule has 1 rings (SSSR count). The number of hydrogen-bond donors (Lipinski definition) is 0. The van der Waals surface area contributed by atoms with Crippen LogP contribution in [-0.2, 0) is 0 Å². The summed E-state index contributed by atoms with van der Waals surface area (Å²) in [5.74, 6) is -0.124. The lowest BCUT2D eigenvalue weighted by molar-refractivity contribution is 0.617. The molecule has 0 heterocycles. The molecule has 0 atom stereocenters. The van der Waals surface area contributed by atoms with Gasteiger partial charge < -0.3 is 0 Å². The Balaban J connectivity index is 3.21. The molecule has 0 radical (unpaired) electrons. The van der Waals surface area contributed by atoms with Crippen LogP contribution in [0, 0.1) is 16.3 Å². The van der Waals surface area contributed by atoms with Gasteiger partial charge >= 0.3 is 0 Å². The van der Waals surface area contributed by atoms with Crippen molar-refractivity contribution in [2.24, 2.45) is 0 Å². The lowest BCUT2D eigenvalue weighted by Crippen LogP contribution is -1.86. The average molecular weight is 282 g/mol. The minimum Gasteiger partial charge on any atom is -0.206 e. The predicted octanol–water partition coefficient (Wildman–Crippen LogP) is 3.46. The van der Waals surface area contributed by atoms with E-state index in [-0.39, 0.29) is 5.82 Å². The molecule has 0 amide bonds. The Morgan fingerprint density at radius 3 is 2.64 bits per heavy atom. The summed E-state index contributed by atoms with van der Waals surface area (Å²) < 4.78 is 13.6. The Labute approximate surface area is 83.7 Å². The van der Waals surface area contributed by atoms with Gasteiger partial charge in [-0.05, 0) is 53.5 Å². The second kappa shape index (κ2) is 3.76. The fraction of sp³-hybridized carbons (Fsp3) is 0.250. The van der Waals surface area contributed by atoms with Gasteiger partial charge in [-0.2, -0.15) is 0 Å². The Bertz CT molecular complexity index is 273. The van der Waals surface area contributed by atoms with Crippen LogP contribution in [-0.4, -0.2) is 6.26 Å². The van der Waals surface area contributed by atoms with E-state index in [1.54, 1.807) is 17.8 Å². The van der Waals surface area contributed by atoms with Crippen LogP contribution < -0.4 is 0 Å². The largest absolute Gasteiger partial charge is 0.206 e. The lowest BCUT2D eigenvalue weighted by Gasteiger charge is -2.02. The van der Waals surface area contributed by atoms with E-state index in [1.165, 1.54) is 0 Å². The van der Waals surface area contributed by atoms with Crippen molar-refractivity contribution in [3.8, 4) is 0 Å². The summed E-state index contributed by atoms with van der Waals surface area (Å²) >= 11 is 3.65. The zero-order chi connectivity index (χ0) is 8.43. The minimum absolute atomic E-state index is 0.124. The SMILES string of the molecule is CSc1cc(I)c(F)cc1C. The van der Waals surface area contributed by atoms with Crippen LogP contribution in [0.4, 0.5) is 4.39 Å². The second-order valence-electron chi connectivity index (χ2n) is 2.24. The molecule has 1 aromatic rings. The molecule has 0 fully saturated rings. The van der Waals surface area contributed by atoms with Crippen molar-refractivity contribution >= 4 is 34.4 Å². The molecular weight excluding hydrogens is 274 g/mol. The number of halogens is 2. The van der Waals surface area contributed by atoms with Crippen molar-refractivity contribution < 1.29 is 4.39 Å². The Morgan fingerprint density at radius 2 is 2.09 bits per heavy atom. The molecule has 0 bridgehead atoms. The van der Waals surface area contributed by atoms with Crippen molar-refractivity contribution in [1.82, 2.24) is 0 Å². The first-order valence-corrected chi connectivity index (χ1v) is 5.45. The van der Waals surface area contributed by atoms with Crippen LogP contribution in [0.1, 0.15) is 5.56 Å². The van der Waals surface area contributed by atoms with E-state index >= 15 is 0 Å². The molecule has 0 aliphatic carbocycles. The number of rotatable bonds is 1. The molecule has 0 saturated heterocycles. The number of thioether (sulfide) groups is 1. The molecule has 0 nitrogen and oxygen atoms in total. The third-order valence-corrected chi connectivity index (χ3v) is 3.14. The predicted molar refractivity (Wildman–Crippen MR) is 55.6 cm³/mol. The zero-order valence-corrected chi connectivity index (χ0v) is 9.29. The summed E-state index contributed by atoms with van der Waals surface area (Å²) in [5, 5.41) is 0. The third-order valence-electron chi connectivity index (χ3n) is 1.44. The highest BCUT2D eigenvalue weighted by atomic mass is 127. The maximum atomic E-state index is 12.9. The maximum absolute atomic E-state index is 12.9. The monoisotopic (exact) mass is 282 g/mol. The summed E-state index contributed by atoms with van der Waals surface area (Å²) in [6, 6.07) is 3.45. The van der Waals surface area contributed by atoms with Gasteiger partial charge in [0.1, 0.15) is 5.82 Å². The summed E-state index contributed by atoms with van der Waals surface area (Å²) in [5.41, 5.74) is 1.01. The third kappa shape index (κ3) is 2.08. The first-order valence-electron chi connectivity index (χ1n) is 3.15. The van der Waals surface area contributed by atoms with Crippen LogP contribution in [0.2, 0.25) is 0 Å². The summed E-state index contributed by atoms with van der Waals surface area (Å²) in [4.78, 5) is 1.15. The topological polar surface area (TPSA) is 0 Å². The first-order chi connectivity index (χ1) is 5.15. The van der Waals surface area contributed by atoms with Gasteiger partial charge in [0.15, 0.2) is 0 Å². The quantitative estimate of drug-likeness (QED) is 0.561. The molecule has 3 heteroatoms. The van der Waals surface area contributed by atoms with Crippen molar-refractivity contribution in [2.75, 3.05) is 6.26 Å². The molecule has 0 unspecified atom stereocenters. The highest BCUT2D eigenvalue weighted by molar-refractivity contribution is 14.1. The van der Waals surface area contributed by atoms with Crippen LogP contribution in [0.3, 0.4) is 0 Å². The van der Waals surface area contributed by atoms with Crippen LogP contribution >= 0.6 is 34.4 Å². The van der Waals surface area contributed by atoms with Gasteiger partial charge in [0.05, 0.1) is 0 Å². The Kier molecular flexibility index (Phi) is 3.18. The van der Waals surface area contributed by atoms with Crippen molar-refractivity contribution in [1.29, 1.82) is 0 Å². The maximum Gasteiger partial charge on any atom is 0.136 e. The average Bonchev–Trinajstić information content (AvgIpc) is 1.97. The van der Waals surface area contributed by atoms with Crippen molar-refractivity contribution in [2.45, 2.75) is 11.8 Å². The molecule has 0 N–H and O–H groups in total. The molecule has 0 saturated carbocycles. The number of hydrogen-bond acceptors (Lipinski definition) is 1. The standard InChI is InChI=1S/C8H8FIS/c1-5-3-6(9)7(10)4-8(5)11-2/h3-4H,1-2H3. The normalized spacial score (nSPS) is 10.2. The van der Waals surface area contributed by atoms with E-state index in [0.29, 0.717) is 3.57 Å². The highest BCUT2D eigenvalue weighted by Gasteiger charge is 2.02. The van der Waals surface area contributed by atoms with Gasteiger partial charge in [0, 0.05) is 8.47 Å². The molecule has 0 aliphatic heterocycles. The molecule has 11 heavy (non-hydrogen) atoms. The van der Waals surface area contributed by atoms with E-state index in [2.05, 4.69) is 0 Å². The smallest absolute Gasteiger partial charge is 0.136 e. The van der Waals surface area contributed by atoms with E-state index < -0.39 is 0 Å². The van der Waals surface area contributed by atoms with Gasteiger partial charge in [-0.3, -0.25) is 0 Å². The van der Waals surface area contributed by atoms with Gasteiger partial charge in [0.25, 0.3) is 0 Å². The summed E-state index contributed by atoms with van der Waals surface area (Å²) in [7, 11) is 0. The Hall–Kier alpha value is 0.230. The van der Waals surface area contributed by atoms with Crippen molar-refractivity contribution in [3.05, 3.63) is 27.1 Å². The second-order valence-corrected chi connectivity index (χ2v) is 4.25. The molecule has 0 spiro atoms. The molecule has 60 valence electrons. The minimum atomic E-state index is -0.124. The highest BCUT2D eigenvalue weighted by Crippen LogP contribution is 2.24. The zero-order valence-electron chi connectivity index (χ0n) is 6.32. The molecule has 1 aromatic carbocycles. The van der Waals surface area contributed by atoms with Crippen LogP contribution in [0.25, 0.3) is 0 Å². The summed E-state index contributed by atoms with van der Waals surface area (Å²) in [6.07, 6.45) is 2.00. The Morgan fingerprint density at radius 1 is 1.45 bits per heavy atom. The van der Waals surface area contributed by atoms with Crippen molar-refractivity contribution in [3.63, 3.8) is 0 Å². The molecular formula is C8H8FIS. The fourth-order valence-electron chi connectivity index (χ4n) is 0.848. The van der Waals surface area contributed by atoms with Gasteiger partial charge in [0.2, 0.25) is 0 Å². The summed E-state index contributed by atoms with van der Waals surface area (Å²) in [6.45, 7) is 1.92. The number of benzene rings is 1. The van der Waals surface area contributed by atoms with Gasteiger partial charge in [-0.1, -0.05) is 0 Å². The fourth-order valence-corrected chi connectivity index (χ4v) is 2.14. The molecule has 0 aliphatic rings. The van der Waals surface area contributed by atoms with E-state index in [9.17, 15) is 4.39 Å². The van der Waals surface area contributed by atoms with Gasteiger partial charge in [-0.15, -0.1) is 11.8 Å². The van der Waals surface area contributed by atoms with E-state index in [4.69, 9.17) is 0 Å². The van der Waals surface area contributed by atoms with Crippen LogP contribution in [0.5, 0.6) is 0 Å². The first kappa shape index (κ1) is 9.32.